The van der Waals surface area contributed by atoms with Gasteiger partial charge in [0.1, 0.15) is 5.92 Å². The summed E-state index contributed by atoms with van der Waals surface area (Å²) in [6.07, 6.45) is 0. The molecule has 0 spiro atoms. The summed E-state index contributed by atoms with van der Waals surface area (Å²) in [5.41, 5.74) is 0. The molecule has 4 amide bonds. The van der Waals surface area contributed by atoms with Gasteiger partial charge >= 0.3 is 12.0 Å². The zero-order valence-corrected chi connectivity index (χ0v) is 8.18. The van der Waals surface area contributed by atoms with Crippen LogP contribution in [0, 0.1) is 11.8 Å². The highest BCUT2D eigenvalue weighted by atomic mass is 16.4. The van der Waals surface area contributed by atoms with Gasteiger partial charge in [0.15, 0.2) is 0 Å². The van der Waals surface area contributed by atoms with Gasteiger partial charge in [-0.1, -0.05) is 6.92 Å². The molecule has 0 aromatic carbocycles. The third-order valence-corrected chi connectivity index (χ3v) is 2.30. The van der Waals surface area contributed by atoms with Crippen LogP contribution in [-0.2, 0) is 14.4 Å². The zero-order valence-electron chi connectivity index (χ0n) is 8.18. The summed E-state index contributed by atoms with van der Waals surface area (Å²) in [4.78, 5) is 45.1. The van der Waals surface area contributed by atoms with E-state index in [-0.39, 0.29) is 0 Å². The van der Waals surface area contributed by atoms with E-state index in [0.717, 1.165) is 0 Å². The van der Waals surface area contributed by atoms with Gasteiger partial charge < -0.3 is 5.11 Å². The molecule has 1 aliphatic heterocycles. The number of carboxylic acid groups (broad SMARTS) is 1. The highest BCUT2D eigenvalue weighted by Crippen LogP contribution is 2.18. The van der Waals surface area contributed by atoms with E-state index in [1.54, 1.807) is 0 Å². The van der Waals surface area contributed by atoms with E-state index in [0.29, 0.717) is 4.90 Å². The van der Waals surface area contributed by atoms with Crippen LogP contribution in [0.15, 0.2) is 0 Å². The van der Waals surface area contributed by atoms with E-state index in [9.17, 15) is 19.2 Å². The van der Waals surface area contributed by atoms with E-state index < -0.39 is 35.7 Å². The molecule has 0 bridgehead atoms. The number of imide groups is 2. The SMILES string of the molecule is CC(C(=O)O)C1C(=O)NC(=O)N(C)C1=O. The first kappa shape index (κ1) is 11.2. The van der Waals surface area contributed by atoms with Gasteiger partial charge in [-0.3, -0.25) is 24.6 Å². The molecule has 7 heteroatoms. The fourth-order valence-electron chi connectivity index (χ4n) is 1.27. The third kappa shape index (κ3) is 1.80. The number of carbonyl (C=O) groups excluding carboxylic acids is 3. The molecule has 0 saturated carbocycles. The molecule has 82 valence electrons. The molecule has 0 aromatic rings. The van der Waals surface area contributed by atoms with Crippen molar-refractivity contribution in [1.29, 1.82) is 0 Å². The van der Waals surface area contributed by atoms with Crippen molar-refractivity contribution < 1.29 is 24.3 Å². The Morgan fingerprint density at radius 2 is 2.00 bits per heavy atom. The smallest absolute Gasteiger partial charge is 0.330 e. The van der Waals surface area contributed by atoms with Gasteiger partial charge in [0.25, 0.3) is 0 Å². The molecule has 2 N–H and O–H groups in total. The average molecular weight is 214 g/mol. The molecule has 7 nitrogen and oxygen atoms in total. The number of carboxylic acids is 1. The Morgan fingerprint density at radius 1 is 1.47 bits per heavy atom. The fourth-order valence-corrected chi connectivity index (χ4v) is 1.27. The number of nitrogens with one attached hydrogen (secondary N) is 1. The quantitative estimate of drug-likeness (QED) is 0.575. The maximum Gasteiger partial charge on any atom is 0.330 e. The molecular weight excluding hydrogens is 204 g/mol. The van der Waals surface area contributed by atoms with Gasteiger partial charge in [-0.2, -0.15) is 0 Å². The van der Waals surface area contributed by atoms with Crippen molar-refractivity contribution in [2.45, 2.75) is 6.92 Å². The monoisotopic (exact) mass is 214 g/mol. The Balaban J connectivity index is 2.98. The molecule has 2 atom stereocenters. The molecule has 0 aliphatic carbocycles. The van der Waals surface area contributed by atoms with Gasteiger partial charge in [0, 0.05) is 7.05 Å². The van der Waals surface area contributed by atoms with Crippen molar-refractivity contribution in [1.82, 2.24) is 10.2 Å². The largest absolute Gasteiger partial charge is 0.481 e. The number of rotatable bonds is 2. The molecule has 0 aromatic heterocycles. The van der Waals surface area contributed by atoms with E-state index in [1.165, 1.54) is 14.0 Å². The molecule has 15 heavy (non-hydrogen) atoms. The highest BCUT2D eigenvalue weighted by Gasteiger charge is 2.44. The van der Waals surface area contributed by atoms with E-state index in [2.05, 4.69) is 0 Å². The Labute approximate surface area is 85.0 Å². The van der Waals surface area contributed by atoms with Gasteiger partial charge in [-0.15, -0.1) is 0 Å². The summed E-state index contributed by atoms with van der Waals surface area (Å²) >= 11 is 0. The first-order valence-electron chi connectivity index (χ1n) is 4.21. The molecule has 0 radical (unpaired) electrons. The minimum absolute atomic E-state index is 0.700. The Hall–Kier alpha value is -1.92. The van der Waals surface area contributed by atoms with Crippen LogP contribution in [0.5, 0.6) is 0 Å². The van der Waals surface area contributed by atoms with Crippen LogP contribution in [0.1, 0.15) is 6.92 Å². The molecule has 1 aliphatic rings. The lowest BCUT2D eigenvalue weighted by Gasteiger charge is -2.28. The van der Waals surface area contributed by atoms with Crippen molar-refractivity contribution in [2.24, 2.45) is 11.8 Å². The standard InChI is InChI=1S/C8H10N2O5/c1-3(7(13)14)4-5(11)9-8(15)10(2)6(4)12/h3-4H,1-2H3,(H,13,14)(H,9,11,15). The molecular formula is C8H10N2O5. The number of barbiturate groups is 1. The number of amides is 4. The summed E-state index contributed by atoms with van der Waals surface area (Å²) in [6.45, 7) is 1.24. The maximum absolute atomic E-state index is 11.5. The summed E-state index contributed by atoms with van der Waals surface area (Å²) in [7, 11) is 1.19. The fraction of sp³-hybridized carbons (Fsp3) is 0.500. The number of nitrogens with zero attached hydrogens (tertiary/aromatic N) is 1. The van der Waals surface area contributed by atoms with E-state index in [4.69, 9.17) is 5.11 Å². The molecule has 2 unspecified atom stereocenters. The van der Waals surface area contributed by atoms with Gasteiger partial charge in [0.05, 0.1) is 5.92 Å². The predicted molar refractivity (Wildman–Crippen MR) is 46.6 cm³/mol. The number of urea groups is 1. The summed E-state index contributed by atoms with van der Waals surface area (Å²) in [5, 5.41) is 10.6. The lowest BCUT2D eigenvalue weighted by Crippen LogP contribution is -2.58. The van der Waals surface area contributed by atoms with Crippen molar-refractivity contribution in [3.8, 4) is 0 Å². The average Bonchev–Trinajstić information content (AvgIpc) is 2.14. The first-order valence-corrected chi connectivity index (χ1v) is 4.21. The second-order valence-electron chi connectivity index (χ2n) is 3.30. The van der Waals surface area contributed by atoms with Gasteiger partial charge in [0.2, 0.25) is 11.8 Å². The lowest BCUT2D eigenvalue weighted by atomic mass is 9.91. The lowest BCUT2D eigenvalue weighted by molar-refractivity contribution is -0.154. The van der Waals surface area contributed by atoms with Crippen LogP contribution in [0.4, 0.5) is 4.79 Å². The topological polar surface area (TPSA) is 104 Å². The van der Waals surface area contributed by atoms with Crippen LogP contribution in [0.2, 0.25) is 0 Å². The van der Waals surface area contributed by atoms with Crippen molar-refractivity contribution >= 4 is 23.8 Å². The molecule has 1 fully saturated rings. The summed E-state index contributed by atoms with van der Waals surface area (Å²) in [6, 6.07) is -0.834. The van der Waals surface area contributed by atoms with Crippen LogP contribution in [0.25, 0.3) is 0 Å². The zero-order chi connectivity index (χ0) is 11.7. The van der Waals surface area contributed by atoms with Crippen LogP contribution < -0.4 is 5.32 Å². The number of carbonyl (C=O) groups is 4. The minimum Gasteiger partial charge on any atom is -0.481 e. The molecule has 1 saturated heterocycles. The summed E-state index contributed by atoms with van der Waals surface area (Å²) < 4.78 is 0. The van der Waals surface area contributed by atoms with Crippen molar-refractivity contribution in [3.05, 3.63) is 0 Å². The van der Waals surface area contributed by atoms with Gasteiger partial charge in [-0.25, -0.2) is 4.79 Å². The van der Waals surface area contributed by atoms with Crippen molar-refractivity contribution in [3.63, 3.8) is 0 Å². The molecule has 1 rings (SSSR count). The Bertz CT molecular complexity index is 351. The van der Waals surface area contributed by atoms with Gasteiger partial charge in [-0.05, 0) is 0 Å². The minimum atomic E-state index is -1.34. The van der Waals surface area contributed by atoms with E-state index in [1.807, 2.05) is 5.32 Å². The number of aliphatic carboxylic acids is 1. The Morgan fingerprint density at radius 3 is 2.47 bits per heavy atom. The third-order valence-electron chi connectivity index (χ3n) is 2.30. The van der Waals surface area contributed by atoms with Crippen molar-refractivity contribution in [2.75, 3.05) is 7.05 Å². The van der Waals surface area contributed by atoms with Crippen LogP contribution >= 0.6 is 0 Å². The normalized spacial score (nSPS) is 23.7. The first-order chi connectivity index (χ1) is 6.86. The molecule has 1 heterocycles. The maximum atomic E-state index is 11.5. The van der Waals surface area contributed by atoms with E-state index >= 15 is 0 Å². The number of hydrogen-bond donors (Lipinski definition) is 2. The van der Waals surface area contributed by atoms with Crippen LogP contribution in [-0.4, -0.2) is 40.9 Å². The Kier molecular flexibility index (Phi) is 2.74. The van der Waals surface area contributed by atoms with Crippen LogP contribution in [0.3, 0.4) is 0 Å². The summed E-state index contributed by atoms with van der Waals surface area (Å²) in [5.74, 6) is -5.42. The highest BCUT2D eigenvalue weighted by molar-refractivity contribution is 6.17. The second-order valence-corrected chi connectivity index (χ2v) is 3.30. The predicted octanol–water partition coefficient (Wildman–Crippen LogP) is -0.968. The number of hydrogen-bond acceptors (Lipinski definition) is 4. The second kappa shape index (κ2) is 3.68.